The van der Waals surface area contributed by atoms with E-state index in [1.54, 1.807) is 0 Å². The largest absolute Gasteiger partial charge is 0.395 e. The van der Waals surface area contributed by atoms with E-state index in [4.69, 9.17) is 9.47 Å². The van der Waals surface area contributed by atoms with Gasteiger partial charge in [0.1, 0.15) is 0 Å². The van der Waals surface area contributed by atoms with Crippen LogP contribution in [0.3, 0.4) is 0 Å². The molecule has 122 valence electrons. The molecule has 3 saturated heterocycles. The van der Waals surface area contributed by atoms with Crippen molar-refractivity contribution < 1.29 is 14.6 Å². The van der Waals surface area contributed by atoms with Crippen LogP contribution in [0, 0.1) is 0 Å². The molecule has 0 amide bonds. The van der Waals surface area contributed by atoms with Crippen molar-refractivity contribution in [2.24, 2.45) is 0 Å². The third-order valence-corrected chi connectivity index (χ3v) is 4.59. The average molecular weight is 299 g/mol. The van der Waals surface area contributed by atoms with Crippen molar-refractivity contribution >= 4 is 0 Å². The molecule has 0 aromatic rings. The number of aliphatic hydroxyl groups is 1. The van der Waals surface area contributed by atoms with Crippen LogP contribution in [0.1, 0.15) is 25.7 Å². The fourth-order valence-electron chi connectivity index (χ4n) is 3.65. The Morgan fingerprint density at radius 1 is 0.810 bits per heavy atom. The molecule has 1 N–H and O–H groups in total. The van der Waals surface area contributed by atoms with Gasteiger partial charge >= 0.3 is 0 Å². The van der Waals surface area contributed by atoms with E-state index in [1.165, 1.54) is 25.7 Å². The minimum Gasteiger partial charge on any atom is -0.395 e. The molecule has 6 heteroatoms. The third kappa shape index (κ3) is 4.61. The highest BCUT2D eigenvalue weighted by molar-refractivity contribution is 4.77. The predicted molar refractivity (Wildman–Crippen MR) is 79.8 cm³/mol. The number of ether oxygens (including phenoxy) is 2. The Hall–Kier alpha value is -0.240. The van der Waals surface area contributed by atoms with Gasteiger partial charge in [0.05, 0.1) is 38.8 Å². The van der Waals surface area contributed by atoms with E-state index in [-0.39, 0.29) is 6.61 Å². The highest BCUT2D eigenvalue weighted by Gasteiger charge is 2.28. The lowest BCUT2D eigenvalue weighted by atomic mass is 10.2. The van der Waals surface area contributed by atoms with Crippen LogP contribution in [-0.2, 0) is 9.47 Å². The van der Waals surface area contributed by atoms with Crippen LogP contribution in [0.25, 0.3) is 0 Å². The van der Waals surface area contributed by atoms with Gasteiger partial charge in [-0.2, -0.15) is 0 Å². The summed E-state index contributed by atoms with van der Waals surface area (Å²) in [5, 5.41) is 9.23. The maximum absolute atomic E-state index is 9.23. The van der Waals surface area contributed by atoms with Gasteiger partial charge in [-0.15, -0.1) is 0 Å². The molecular formula is C15H29N3O3. The second-order valence-corrected chi connectivity index (χ2v) is 6.52. The van der Waals surface area contributed by atoms with Crippen LogP contribution in [0.15, 0.2) is 0 Å². The summed E-state index contributed by atoms with van der Waals surface area (Å²) >= 11 is 0. The Bertz CT molecular complexity index is 281. The summed E-state index contributed by atoms with van der Waals surface area (Å²) in [6.45, 7) is 7.66. The topological polar surface area (TPSA) is 48.4 Å². The number of hydrogen-bond donors (Lipinski definition) is 1. The second kappa shape index (κ2) is 7.85. The predicted octanol–water partition coefficient (Wildman–Crippen LogP) is 0.129. The quantitative estimate of drug-likeness (QED) is 0.752. The minimum absolute atomic E-state index is 0.224. The first-order chi connectivity index (χ1) is 10.3. The first-order valence-corrected chi connectivity index (χ1v) is 8.34. The highest BCUT2D eigenvalue weighted by atomic mass is 16.5. The molecule has 2 unspecified atom stereocenters. The summed E-state index contributed by atoms with van der Waals surface area (Å²) in [5.74, 6) is 0. The van der Waals surface area contributed by atoms with Crippen molar-refractivity contribution in [2.45, 2.75) is 37.9 Å². The number of hydrogen-bond acceptors (Lipinski definition) is 6. The molecule has 3 heterocycles. The van der Waals surface area contributed by atoms with Crippen LogP contribution in [-0.4, -0.2) is 91.5 Å². The Balaban J connectivity index is 1.52. The monoisotopic (exact) mass is 299 g/mol. The summed E-state index contributed by atoms with van der Waals surface area (Å²) < 4.78 is 11.5. The molecule has 0 saturated carbocycles. The molecule has 3 rings (SSSR count). The summed E-state index contributed by atoms with van der Waals surface area (Å²) in [7, 11) is 0. The highest BCUT2D eigenvalue weighted by Crippen LogP contribution is 2.18. The lowest BCUT2D eigenvalue weighted by Gasteiger charge is -2.43. The lowest BCUT2D eigenvalue weighted by molar-refractivity contribution is -0.0676. The molecule has 0 bridgehead atoms. The van der Waals surface area contributed by atoms with Gasteiger partial charge in [-0.25, -0.2) is 0 Å². The first-order valence-electron chi connectivity index (χ1n) is 8.34. The second-order valence-electron chi connectivity index (χ2n) is 6.52. The van der Waals surface area contributed by atoms with E-state index in [2.05, 4.69) is 14.7 Å². The Kier molecular flexibility index (Phi) is 5.85. The minimum atomic E-state index is 0.224. The molecule has 0 aromatic heterocycles. The van der Waals surface area contributed by atoms with Crippen molar-refractivity contribution in [1.29, 1.82) is 0 Å². The van der Waals surface area contributed by atoms with Crippen molar-refractivity contribution in [1.82, 2.24) is 14.7 Å². The number of β-amino-alcohol motifs (C(OH)–C–C–N with tert-alkyl or cyclic N) is 1. The Labute approximate surface area is 127 Å². The van der Waals surface area contributed by atoms with Crippen molar-refractivity contribution in [2.75, 3.05) is 59.5 Å². The molecule has 0 radical (unpaired) electrons. The molecule has 0 spiro atoms. The van der Waals surface area contributed by atoms with E-state index >= 15 is 0 Å². The molecule has 2 atom stereocenters. The van der Waals surface area contributed by atoms with Gasteiger partial charge in [0, 0.05) is 32.8 Å². The molecule has 0 aromatic carbocycles. The number of aliphatic hydroxyl groups excluding tert-OH is 1. The Morgan fingerprint density at radius 2 is 1.33 bits per heavy atom. The van der Waals surface area contributed by atoms with E-state index in [9.17, 15) is 5.11 Å². The number of rotatable bonds is 6. The van der Waals surface area contributed by atoms with Crippen LogP contribution < -0.4 is 0 Å². The smallest absolute Gasteiger partial charge is 0.0703 e. The third-order valence-electron chi connectivity index (χ3n) is 4.59. The maximum atomic E-state index is 9.23. The molecule has 6 nitrogen and oxygen atoms in total. The molecule has 3 aliphatic rings. The fraction of sp³-hybridized carbons (Fsp3) is 1.00. The van der Waals surface area contributed by atoms with Gasteiger partial charge in [0.2, 0.25) is 0 Å². The molecule has 3 aliphatic heterocycles. The maximum Gasteiger partial charge on any atom is 0.0703 e. The van der Waals surface area contributed by atoms with E-state index in [1.807, 2.05) is 0 Å². The van der Waals surface area contributed by atoms with Crippen LogP contribution >= 0.6 is 0 Å². The van der Waals surface area contributed by atoms with Gasteiger partial charge in [0.25, 0.3) is 0 Å². The summed E-state index contributed by atoms with van der Waals surface area (Å²) in [4.78, 5) is 7.21. The zero-order chi connectivity index (χ0) is 14.5. The molecule has 21 heavy (non-hydrogen) atoms. The molecule has 3 fully saturated rings. The van der Waals surface area contributed by atoms with Gasteiger partial charge < -0.3 is 14.6 Å². The van der Waals surface area contributed by atoms with Gasteiger partial charge in [-0.1, -0.05) is 0 Å². The summed E-state index contributed by atoms with van der Waals surface area (Å²) in [6.07, 6.45) is 5.54. The van der Waals surface area contributed by atoms with Crippen LogP contribution in [0.5, 0.6) is 0 Å². The molecular weight excluding hydrogens is 270 g/mol. The van der Waals surface area contributed by atoms with Crippen LogP contribution in [0.2, 0.25) is 0 Å². The fourth-order valence-corrected chi connectivity index (χ4v) is 3.65. The summed E-state index contributed by atoms with van der Waals surface area (Å²) in [5.41, 5.74) is 0. The van der Waals surface area contributed by atoms with Crippen molar-refractivity contribution in [3.05, 3.63) is 0 Å². The SMILES string of the molecule is OCCN1CN(CC2CCCO2)CN(CC2CCCO2)C1. The molecule has 0 aliphatic carbocycles. The van der Waals surface area contributed by atoms with E-state index in [0.717, 1.165) is 52.9 Å². The Morgan fingerprint density at radius 3 is 1.76 bits per heavy atom. The van der Waals surface area contributed by atoms with Gasteiger partial charge in [0.15, 0.2) is 0 Å². The zero-order valence-electron chi connectivity index (χ0n) is 13.0. The van der Waals surface area contributed by atoms with Crippen LogP contribution in [0.4, 0.5) is 0 Å². The van der Waals surface area contributed by atoms with Gasteiger partial charge in [-0.3, -0.25) is 14.7 Å². The summed E-state index contributed by atoms with van der Waals surface area (Å²) in [6, 6.07) is 0. The average Bonchev–Trinajstić information content (AvgIpc) is 3.12. The first kappa shape index (κ1) is 15.6. The van der Waals surface area contributed by atoms with E-state index < -0.39 is 0 Å². The van der Waals surface area contributed by atoms with E-state index in [0.29, 0.717) is 12.2 Å². The van der Waals surface area contributed by atoms with Crippen molar-refractivity contribution in [3.63, 3.8) is 0 Å². The van der Waals surface area contributed by atoms with Gasteiger partial charge in [-0.05, 0) is 25.7 Å². The lowest BCUT2D eigenvalue weighted by Crippen LogP contribution is -2.57. The number of nitrogens with zero attached hydrogens (tertiary/aromatic N) is 3. The standard InChI is InChI=1S/C15H29N3O3/c19-6-5-16-11-17(9-14-3-1-7-20-14)13-18(12-16)10-15-4-2-8-21-15/h14-15,19H,1-13H2. The van der Waals surface area contributed by atoms with Crippen molar-refractivity contribution in [3.8, 4) is 0 Å². The normalized spacial score (nSPS) is 33.0. The zero-order valence-corrected chi connectivity index (χ0v) is 13.0.